The van der Waals surface area contributed by atoms with E-state index >= 15 is 0 Å². The number of ether oxygens (including phenoxy) is 2. The molecule has 14 nitrogen and oxygen atoms in total. The van der Waals surface area contributed by atoms with Crippen LogP contribution in [0.3, 0.4) is 0 Å². The Balaban J connectivity index is 1.06. The highest BCUT2D eigenvalue weighted by Crippen LogP contribution is 2.56. The number of likely N-dealkylation sites (tertiary alicyclic amines) is 2. The molecule has 2 aliphatic heterocycles. The van der Waals surface area contributed by atoms with Gasteiger partial charge in [0.1, 0.15) is 23.4 Å². The number of nitrogens with zero attached hydrogens (tertiary/aromatic N) is 4. The van der Waals surface area contributed by atoms with Crippen molar-refractivity contribution in [3.63, 3.8) is 0 Å². The number of unbranched alkanes of at least 4 members (excludes halogenated alkanes) is 1. The lowest BCUT2D eigenvalue weighted by atomic mass is 9.75. The largest absolute Gasteiger partial charge is 0.453 e. The van der Waals surface area contributed by atoms with E-state index in [0.717, 1.165) is 80.0 Å². The molecule has 0 spiro atoms. The molecule has 1 saturated carbocycles. The van der Waals surface area contributed by atoms with E-state index in [2.05, 4.69) is 76.7 Å². The van der Waals surface area contributed by atoms with E-state index in [4.69, 9.17) is 19.4 Å². The molecular formula is C52H72N8O6. The number of imidazole rings is 2. The van der Waals surface area contributed by atoms with Crippen LogP contribution < -0.4 is 10.6 Å². The molecule has 5 aliphatic rings. The van der Waals surface area contributed by atoms with E-state index in [1.807, 2.05) is 43.7 Å². The van der Waals surface area contributed by atoms with E-state index in [-0.39, 0.29) is 59.5 Å². The fraction of sp³-hybridized carbons (Fsp3) is 0.615. The lowest BCUT2D eigenvalue weighted by Crippen LogP contribution is -2.53. The molecule has 4 N–H and O–H groups in total. The minimum absolute atomic E-state index is 0.0339. The molecule has 14 heteroatoms. The Bertz CT molecular complexity index is 2270. The number of hydrogen-bond donors (Lipinski definition) is 4. The number of aromatic amines is 2. The van der Waals surface area contributed by atoms with Gasteiger partial charge < -0.3 is 39.9 Å². The number of piperidine rings is 1. The van der Waals surface area contributed by atoms with Crippen LogP contribution in [0.4, 0.5) is 9.59 Å². The number of alkyl carbamates (subject to hydrolysis) is 2. The van der Waals surface area contributed by atoms with Gasteiger partial charge in [0.25, 0.3) is 0 Å². The lowest BCUT2D eigenvalue weighted by Gasteiger charge is -2.37. The summed E-state index contributed by atoms with van der Waals surface area (Å²) in [6.45, 7) is 14.1. The maximum atomic E-state index is 13.8. The van der Waals surface area contributed by atoms with Gasteiger partial charge in [0.05, 0.1) is 38.4 Å². The number of hydrogen-bond acceptors (Lipinski definition) is 8. The SMILES string of the molecule is CCCC[C@]1(C)CC2C(C3=CCC(c4cnc(C5CCCN5C(=O)[C@H](CNC(=O)OC)C(C)C)[nH]4)C=C3)=CC=C(C#Cc3cnc(C4CCCCN4C(=O)[C@@H](NC(=O)OC)C(C)C)[nH]3)[C@H]2C1. The first-order valence-electron chi connectivity index (χ1n) is 24.4. The van der Waals surface area contributed by atoms with Crippen LogP contribution in [-0.4, -0.2) is 93.6 Å². The molecule has 7 rings (SSSR count). The fourth-order valence-corrected chi connectivity index (χ4v) is 11.0. The summed E-state index contributed by atoms with van der Waals surface area (Å²) >= 11 is 0. The molecule has 66 heavy (non-hydrogen) atoms. The zero-order chi connectivity index (χ0) is 47.1. The van der Waals surface area contributed by atoms with Crippen LogP contribution in [0.25, 0.3) is 0 Å². The Morgan fingerprint density at radius 1 is 0.864 bits per heavy atom. The second-order valence-electron chi connectivity index (χ2n) is 20.1. The van der Waals surface area contributed by atoms with Crippen molar-refractivity contribution in [3.05, 3.63) is 82.5 Å². The number of allylic oxidation sites excluding steroid dienone is 8. The highest BCUT2D eigenvalue weighted by Gasteiger charge is 2.46. The first-order valence-corrected chi connectivity index (χ1v) is 24.4. The highest BCUT2D eigenvalue weighted by atomic mass is 16.5. The second kappa shape index (κ2) is 21.4. The first kappa shape index (κ1) is 48.4. The Labute approximate surface area is 391 Å². The molecular weight excluding hydrogens is 833 g/mol. The zero-order valence-corrected chi connectivity index (χ0v) is 40.4. The zero-order valence-electron chi connectivity index (χ0n) is 40.4. The van der Waals surface area contributed by atoms with E-state index in [9.17, 15) is 19.2 Å². The number of carbonyl (C=O) groups is 4. The topological polar surface area (TPSA) is 175 Å². The highest BCUT2D eigenvalue weighted by molar-refractivity contribution is 5.86. The molecule has 0 bridgehead atoms. The van der Waals surface area contributed by atoms with E-state index < -0.39 is 18.2 Å². The molecule has 2 aromatic rings. The Hall–Kier alpha value is -5.58. The number of H-pyrrole nitrogens is 2. The molecule has 4 unspecified atom stereocenters. The van der Waals surface area contributed by atoms with Crippen LogP contribution in [0.15, 0.2) is 59.5 Å². The predicted octanol–water partition coefficient (Wildman–Crippen LogP) is 8.97. The standard InChI is InChI=1S/C52H72N8O6/c1-9-10-24-52(6)27-39-35(20-22-37-29-53-46(56-37)43-14-11-12-25-60(43)49(62)45(33(4)5)58-51(64)66-8)21-23-38(40(39)28-52)34-16-18-36(19-17-34)42-31-54-47(57-42)44-15-13-26-59(44)48(61)41(32(2)3)30-55-50(63)65-7/h16-18,21,23,29,31-33,36,39-41,43-45H,9-15,19,24-28,30H2,1-8H3,(H,53,56)(H,54,57)(H,55,63)(H,58,64)/t36?,39-,40?,41-,43?,44?,45+,52+/m1/s1. The molecule has 0 aromatic carbocycles. The fourth-order valence-electron chi connectivity index (χ4n) is 11.0. The van der Waals surface area contributed by atoms with Crippen molar-refractivity contribution in [3.8, 4) is 11.8 Å². The van der Waals surface area contributed by atoms with Gasteiger partial charge >= 0.3 is 12.2 Å². The Morgan fingerprint density at radius 3 is 2.26 bits per heavy atom. The average molecular weight is 905 g/mol. The number of fused-ring (bicyclic) bond motifs is 1. The third-order valence-corrected chi connectivity index (χ3v) is 14.8. The van der Waals surface area contributed by atoms with E-state index in [1.165, 1.54) is 44.6 Å². The molecule has 2 aromatic heterocycles. The molecule has 356 valence electrons. The van der Waals surface area contributed by atoms with Crippen LogP contribution >= 0.6 is 0 Å². The first-order chi connectivity index (χ1) is 31.7. The van der Waals surface area contributed by atoms with Gasteiger partial charge in [-0.2, -0.15) is 0 Å². The minimum atomic E-state index is -0.695. The third kappa shape index (κ3) is 10.8. The summed E-state index contributed by atoms with van der Waals surface area (Å²) in [5, 5.41) is 5.47. The van der Waals surface area contributed by atoms with Crippen LogP contribution in [0, 0.1) is 46.8 Å². The van der Waals surface area contributed by atoms with Gasteiger partial charge in [0, 0.05) is 43.0 Å². The normalized spacial score (nSPS) is 25.8. The van der Waals surface area contributed by atoms with Crippen molar-refractivity contribution in [1.29, 1.82) is 0 Å². The number of aromatic nitrogens is 4. The molecule has 8 atom stereocenters. The molecule has 3 fully saturated rings. The summed E-state index contributed by atoms with van der Waals surface area (Å²) in [5.74, 6) is 8.86. The number of carbonyl (C=O) groups excluding carboxylic acids is 4. The van der Waals surface area contributed by atoms with Crippen LogP contribution in [-0.2, 0) is 19.1 Å². The maximum absolute atomic E-state index is 13.8. The monoisotopic (exact) mass is 905 g/mol. The van der Waals surface area contributed by atoms with Gasteiger partial charge in [-0.25, -0.2) is 19.6 Å². The van der Waals surface area contributed by atoms with Crippen molar-refractivity contribution in [2.45, 2.75) is 136 Å². The summed E-state index contributed by atoms with van der Waals surface area (Å²) in [7, 11) is 2.63. The van der Waals surface area contributed by atoms with Gasteiger partial charge in [-0.1, -0.05) is 90.7 Å². The van der Waals surface area contributed by atoms with Gasteiger partial charge in [-0.05, 0) is 104 Å². The molecule has 4 amide bonds. The summed E-state index contributed by atoms with van der Waals surface area (Å²) in [6, 6.07) is -1.05. The van der Waals surface area contributed by atoms with Crippen LogP contribution in [0.5, 0.6) is 0 Å². The molecule has 2 saturated heterocycles. The maximum Gasteiger partial charge on any atom is 0.407 e. The van der Waals surface area contributed by atoms with Gasteiger partial charge in [-0.15, -0.1) is 0 Å². The van der Waals surface area contributed by atoms with Crippen molar-refractivity contribution in [2.24, 2.45) is 35.0 Å². The third-order valence-electron chi connectivity index (χ3n) is 14.8. The van der Waals surface area contributed by atoms with Crippen molar-refractivity contribution < 1.29 is 28.7 Å². The number of nitrogens with one attached hydrogen (secondary N) is 4. The summed E-state index contributed by atoms with van der Waals surface area (Å²) in [5.41, 5.74) is 5.82. The summed E-state index contributed by atoms with van der Waals surface area (Å²) < 4.78 is 9.58. The van der Waals surface area contributed by atoms with E-state index in [0.29, 0.717) is 24.9 Å². The summed E-state index contributed by atoms with van der Waals surface area (Å²) in [6.07, 6.45) is 25.1. The van der Waals surface area contributed by atoms with Crippen molar-refractivity contribution >= 4 is 24.0 Å². The second-order valence-corrected chi connectivity index (χ2v) is 20.1. The van der Waals surface area contributed by atoms with Gasteiger partial charge in [0.15, 0.2) is 0 Å². The van der Waals surface area contributed by atoms with Gasteiger partial charge in [-0.3, -0.25) is 9.59 Å². The Kier molecular flexibility index (Phi) is 15.7. The molecule has 4 heterocycles. The average Bonchev–Trinajstić information content (AvgIpc) is 4.16. The predicted molar refractivity (Wildman–Crippen MR) is 254 cm³/mol. The van der Waals surface area contributed by atoms with Gasteiger partial charge in [0.2, 0.25) is 11.8 Å². The number of methoxy groups -OCH3 is 2. The molecule has 0 radical (unpaired) electrons. The van der Waals surface area contributed by atoms with Crippen molar-refractivity contribution in [2.75, 3.05) is 33.9 Å². The minimum Gasteiger partial charge on any atom is -0.453 e. The number of amides is 4. The smallest absolute Gasteiger partial charge is 0.407 e. The quantitative estimate of drug-likeness (QED) is 0.136. The number of rotatable bonds is 14. The van der Waals surface area contributed by atoms with Crippen molar-refractivity contribution in [1.82, 2.24) is 40.4 Å². The Morgan fingerprint density at radius 2 is 1.56 bits per heavy atom. The lowest BCUT2D eigenvalue weighted by molar-refractivity contribution is -0.139. The summed E-state index contributed by atoms with van der Waals surface area (Å²) in [4.78, 5) is 72.1. The molecule has 3 aliphatic carbocycles. The van der Waals surface area contributed by atoms with Crippen LogP contribution in [0.1, 0.15) is 153 Å². The van der Waals surface area contributed by atoms with E-state index in [1.54, 1.807) is 6.20 Å². The van der Waals surface area contributed by atoms with Crippen LogP contribution in [0.2, 0.25) is 0 Å².